The van der Waals surface area contributed by atoms with Gasteiger partial charge in [0.2, 0.25) is 0 Å². The van der Waals surface area contributed by atoms with Crippen LogP contribution < -0.4 is 30.7 Å². The Hall–Kier alpha value is -2.84. The van der Waals surface area contributed by atoms with E-state index in [4.69, 9.17) is 9.47 Å². The van der Waals surface area contributed by atoms with E-state index in [1.807, 2.05) is 0 Å². The molecule has 220 valence electrons. The van der Waals surface area contributed by atoms with Crippen molar-refractivity contribution in [2.24, 2.45) is 0 Å². The van der Waals surface area contributed by atoms with E-state index < -0.39 is 0 Å². The topological polar surface area (TPSA) is 73.1 Å². The Bertz CT molecular complexity index is 1070. The van der Waals surface area contributed by atoms with Crippen LogP contribution in [0.4, 0.5) is 22.7 Å². The van der Waals surface area contributed by atoms with Gasteiger partial charge < -0.3 is 30.7 Å². The molecular formula is C32H50N6O2. The third-order valence-corrected chi connectivity index (χ3v) is 9.01. The Morgan fingerprint density at radius 2 is 1.12 bits per heavy atom. The minimum atomic E-state index is 0.499. The van der Waals surface area contributed by atoms with Crippen molar-refractivity contribution in [2.75, 3.05) is 74.8 Å². The number of rotatable bonds is 10. The van der Waals surface area contributed by atoms with Crippen LogP contribution in [0.3, 0.4) is 0 Å². The van der Waals surface area contributed by atoms with Crippen molar-refractivity contribution in [3.63, 3.8) is 0 Å². The van der Waals surface area contributed by atoms with Crippen molar-refractivity contribution < 1.29 is 9.47 Å². The molecule has 0 bridgehead atoms. The molecule has 3 heterocycles. The molecule has 5 rings (SSSR count). The average Bonchev–Trinajstić information content (AvgIpc) is 2.95. The molecule has 0 aromatic heterocycles. The number of hydrogen-bond acceptors (Lipinski definition) is 8. The lowest BCUT2D eigenvalue weighted by atomic mass is 9.97. The molecule has 1 saturated heterocycles. The maximum Gasteiger partial charge on any atom is 0.121 e. The van der Waals surface area contributed by atoms with Crippen LogP contribution >= 0.6 is 0 Å². The van der Waals surface area contributed by atoms with Crippen molar-refractivity contribution in [2.45, 2.75) is 77.5 Å². The molecule has 0 radical (unpaired) electrons. The van der Waals surface area contributed by atoms with Gasteiger partial charge in [0, 0.05) is 75.6 Å². The van der Waals surface area contributed by atoms with Crippen molar-refractivity contribution in [1.82, 2.24) is 9.80 Å². The van der Waals surface area contributed by atoms with Gasteiger partial charge in [0.05, 0.1) is 37.0 Å². The maximum absolute atomic E-state index is 5.59. The Balaban J connectivity index is 1.13. The molecule has 8 nitrogen and oxygen atoms in total. The van der Waals surface area contributed by atoms with Crippen molar-refractivity contribution in [3.8, 4) is 11.5 Å². The molecule has 0 spiro atoms. The van der Waals surface area contributed by atoms with Crippen LogP contribution in [0.15, 0.2) is 24.3 Å². The molecule has 1 fully saturated rings. The molecule has 4 atom stereocenters. The fraction of sp³-hybridized carbons (Fsp3) is 0.625. The minimum Gasteiger partial charge on any atom is -0.497 e. The monoisotopic (exact) mass is 550 g/mol. The van der Waals surface area contributed by atoms with Gasteiger partial charge in [0.1, 0.15) is 11.5 Å². The van der Waals surface area contributed by atoms with Gasteiger partial charge in [-0.3, -0.25) is 9.80 Å². The molecule has 0 aliphatic carbocycles. The second-order valence-electron chi connectivity index (χ2n) is 12.1. The zero-order valence-corrected chi connectivity index (χ0v) is 25.4. The number of piperazine rings is 1. The van der Waals surface area contributed by atoms with E-state index in [0.29, 0.717) is 24.2 Å². The van der Waals surface area contributed by atoms with Crippen LogP contribution in [-0.2, 0) is 12.8 Å². The van der Waals surface area contributed by atoms with E-state index in [9.17, 15) is 0 Å². The Morgan fingerprint density at radius 1 is 0.700 bits per heavy atom. The molecule has 3 aliphatic rings. The first-order valence-corrected chi connectivity index (χ1v) is 15.2. The predicted molar refractivity (Wildman–Crippen MR) is 168 cm³/mol. The van der Waals surface area contributed by atoms with Gasteiger partial charge >= 0.3 is 0 Å². The largest absolute Gasteiger partial charge is 0.497 e. The van der Waals surface area contributed by atoms with Gasteiger partial charge in [-0.2, -0.15) is 0 Å². The number of ether oxygens (including phenoxy) is 2. The summed E-state index contributed by atoms with van der Waals surface area (Å²) in [6.07, 6.45) is 4.51. The summed E-state index contributed by atoms with van der Waals surface area (Å²) in [7, 11) is 3.51. The maximum atomic E-state index is 5.59. The quantitative estimate of drug-likeness (QED) is 0.325. The molecule has 40 heavy (non-hydrogen) atoms. The van der Waals surface area contributed by atoms with E-state index >= 15 is 0 Å². The summed E-state index contributed by atoms with van der Waals surface area (Å²) in [4.78, 5) is 5.27. The van der Waals surface area contributed by atoms with Gasteiger partial charge in [-0.1, -0.05) is 0 Å². The standard InChI is InChI=1S/C32H50N6O2/c1-21-7-9-25-15-27(39-5)17-29(31(25)35-21)33-11-13-37-19-24(4)38(20-23(37)3)14-12-34-30-18-28(40-6)16-26-10-8-22(2)36-32(26)30/h15-18,21-24,33-36H,7-14,19-20H2,1-6H3. The molecule has 3 aliphatic heterocycles. The molecule has 0 amide bonds. The summed E-state index contributed by atoms with van der Waals surface area (Å²) in [6, 6.07) is 10.7. The number of benzene rings is 2. The van der Waals surface area contributed by atoms with Crippen molar-refractivity contribution in [3.05, 3.63) is 35.4 Å². The Morgan fingerprint density at radius 3 is 1.52 bits per heavy atom. The number of nitrogens with zero attached hydrogens (tertiary/aromatic N) is 2. The predicted octanol–water partition coefficient (Wildman–Crippen LogP) is 5.12. The average molecular weight is 551 g/mol. The van der Waals surface area contributed by atoms with E-state index in [0.717, 1.165) is 87.8 Å². The summed E-state index contributed by atoms with van der Waals surface area (Å²) in [5.41, 5.74) is 7.53. The fourth-order valence-electron chi connectivity index (χ4n) is 6.54. The SMILES string of the molecule is COc1cc2c(c(NCCN3CC(C)N(CCNc4cc(OC)cc5c4NC(C)CC5)CC3C)c1)NC(C)CC2. The highest BCUT2D eigenvalue weighted by atomic mass is 16.5. The van der Waals surface area contributed by atoms with Gasteiger partial charge in [-0.25, -0.2) is 0 Å². The zero-order chi connectivity index (χ0) is 28.2. The van der Waals surface area contributed by atoms with E-state index in [1.54, 1.807) is 14.2 Å². The summed E-state index contributed by atoms with van der Waals surface area (Å²) in [5, 5.41) is 14.8. The van der Waals surface area contributed by atoms with Crippen LogP contribution in [0.1, 0.15) is 51.7 Å². The lowest BCUT2D eigenvalue weighted by Crippen LogP contribution is -2.57. The number of fused-ring (bicyclic) bond motifs is 2. The highest BCUT2D eigenvalue weighted by molar-refractivity contribution is 5.77. The highest BCUT2D eigenvalue weighted by Crippen LogP contribution is 2.37. The van der Waals surface area contributed by atoms with Gasteiger partial charge in [0.25, 0.3) is 0 Å². The number of nitrogens with one attached hydrogen (secondary N) is 4. The first-order valence-electron chi connectivity index (χ1n) is 15.2. The van der Waals surface area contributed by atoms with Crippen LogP contribution in [-0.4, -0.2) is 87.5 Å². The van der Waals surface area contributed by atoms with E-state index in [1.165, 1.54) is 22.5 Å². The summed E-state index contributed by atoms with van der Waals surface area (Å²) in [5.74, 6) is 1.86. The number of methoxy groups -OCH3 is 2. The van der Waals surface area contributed by atoms with Gasteiger partial charge in [-0.15, -0.1) is 0 Å². The first kappa shape index (κ1) is 28.7. The lowest BCUT2D eigenvalue weighted by molar-refractivity contribution is 0.0482. The molecule has 8 heteroatoms. The number of aryl methyl sites for hydroxylation is 2. The van der Waals surface area contributed by atoms with Crippen LogP contribution in [0.5, 0.6) is 11.5 Å². The van der Waals surface area contributed by atoms with Gasteiger partial charge in [0.15, 0.2) is 0 Å². The fourth-order valence-corrected chi connectivity index (χ4v) is 6.54. The second-order valence-corrected chi connectivity index (χ2v) is 12.1. The van der Waals surface area contributed by atoms with Gasteiger partial charge in [-0.05, 0) is 76.6 Å². The van der Waals surface area contributed by atoms with Crippen molar-refractivity contribution in [1.29, 1.82) is 0 Å². The third-order valence-electron chi connectivity index (χ3n) is 9.01. The highest BCUT2D eigenvalue weighted by Gasteiger charge is 2.29. The molecule has 2 aromatic rings. The molecule has 4 unspecified atom stereocenters. The van der Waals surface area contributed by atoms with Crippen LogP contribution in [0, 0.1) is 0 Å². The Kier molecular flexibility index (Phi) is 9.16. The summed E-state index contributed by atoms with van der Waals surface area (Å²) >= 11 is 0. The smallest absolute Gasteiger partial charge is 0.121 e. The number of anilines is 4. The molecule has 4 N–H and O–H groups in total. The van der Waals surface area contributed by atoms with Crippen LogP contribution in [0.25, 0.3) is 0 Å². The second kappa shape index (κ2) is 12.8. The van der Waals surface area contributed by atoms with Crippen LogP contribution in [0.2, 0.25) is 0 Å². The van der Waals surface area contributed by atoms with Crippen molar-refractivity contribution >= 4 is 22.7 Å². The zero-order valence-electron chi connectivity index (χ0n) is 25.4. The number of hydrogen-bond donors (Lipinski definition) is 4. The van der Waals surface area contributed by atoms with E-state index in [-0.39, 0.29) is 0 Å². The first-order chi connectivity index (χ1) is 19.3. The normalized spacial score (nSPS) is 24.8. The Labute approximate surface area is 241 Å². The molecule has 2 aromatic carbocycles. The minimum absolute atomic E-state index is 0.499. The molecule has 0 saturated carbocycles. The summed E-state index contributed by atoms with van der Waals surface area (Å²) < 4.78 is 11.2. The lowest BCUT2D eigenvalue weighted by Gasteiger charge is -2.44. The van der Waals surface area contributed by atoms with E-state index in [2.05, 4.69) is 83.0 Å². The molecular weight excluding hydrogens is 500 g/mol. The summed E-state index contributed by atoms with van der Waals surface area (Å²) in [6.45, 7) is 15.3. The third kappa shape index (κ3) is 6.55.